The number of thioether (sulfide) groups is 1. The van der Waals surface area contributed by atoms with Gasteiger partial charge in [0.05, 0.1) is 10.9 Å². The molecule has 5 nitrogen and oxygen atoms in total. The number of rotatable bonds is 3. The molecule has 1 aliphatic carbocycles. The van der Waals surface area contributed by atoms with E-state index in [4.69, 9.17) is 4.74 Å². The molecule has 0 aliphatic heterocycles. The third-order valence-electron chi connectivity index (χ3n) is 3.18. The fourth-order valence-corrected chi connectivity index (χ4v) is 2.28. The summed E-state index contributed by atoms with van der Waals surface area (Å²) in [4.78, 5) is 22.1. The highest BCUT2D eigenvalue weighted by Gasteiger charge is 2.24. The van der Waals surface area contributed by atoms with Crippen molar-refractivity contribution in [3.63, 3.8) is 0 Å². The SMILES string of the molecule is CSC(C)c1nc2c(c(OC(=O)N(C)C)n1)CCC2. The molecule has 104 valence electrons. The molecule has 0 radical (unpaired) electrons. The normalized spacial score (nSPS) is 14.9. The number of nitrogens with zero attached hydrogens (tertiary/aromatic N) is 3. The number of hydrogen-bond acceptors (Lipinski definition) is 5. The van der Waals surface area contributed by atoms with Crippen LogP contribution in [0.2, 0.25) is 0 Å². The van der Waals surface area contributed by atoms with E-state index in [0.29, 0.717) is 5.88 Å². The van der Waals surface area contributed by atoms with Crippen molar-refractivity contribution in [2.75, 3.05) is 20.4 Å². The topological polar surface area (TPSA) is 55.3 Å². The summed E-state index contributed by atoms with van der Waals surface area (Å²) >= 11 is 1.68. The maximum absolute atomic E-state index is 11.7. The molecule has 0 saturated carbocycles. The lowest BCUT2D eigenvalue weighted by Crippen LogP contribution is -2.26. The number of carbonyl (C=O) groups is 1. The minimum atomic E-state index is -0.393. The van der Waals surface area contributed by atoms with Crippen LogP contribution in [0.1, 0.15) is 35.7 Å². The molecule has 1 aromatic rings. The van der Waals surface area contributed by atoms with Gasteiger partial charge in [0, 0.05) is 19.7 Å². The second-order valence-corrected chi connectivity index (χ2v) is 5.98. The summed E-state index contributed by atoms with van der Waals surface area (Å²) in [6, 6.07) is 0. The Kier molecular flexibility index (Phi) is 4.29. The van der Waals surface area contributed by atoms with Gasteiger partial charge in [0.1, 0.15) is 5.82 Å². The summed E-state index contributed by atoms with van der Waals surface area (Å²) < 4.78 is 5.38. The standard InChI is InChI=1S/C13H19N3O2S/c1-8(19-4)11-14-10-7-5-6-9(10)12(15-11)18-13(17)16(2)3/h8H,5-7H2,1-4H3. The first-order valence-electron chi connectivity index (χ1n) is 6.34. The van der Waals surface area contributed by atoms with Gasteiger partial charge in [-0.2, -0.15) is 16.7 Å². The van der Waals surface area contributed by atoms with E-state index in [0.717, 1.165) is 36.3 Å². The molecule has 0 N–H and O–H groups in total. The zero-order valence-electron chi connectivity index (χ0n) is 11.8. The van der Waals surface area contributed by atoms with Gasteiger partial charge in [0.15, 0.2) is 0 Å². The van der Waals surface area contributed by atoms with Crippen LogP contribution in [0.5, 0.6) is 5.88 Å². The number of amides is 1. The van der Waals surface area contributed by atoms with E-state index in [-0.39, 0.29) is 5.25 Å². The molecule has 1 aromatic heterocycles. The second kappa shape index (κ2) is 5.77. The summed E-state index contributed by atoms with van der Waals surface area (Å²) in [7, 11) is 3.32. The molecule has 19 heavy (non-hydrogen) atoms. The van der Waals surface area contributed by atoms with Crippen LogP contribution < -0.4 is 4.74 Å². The lowest BCUT2D eigenvalue weighted by Gasteiger charge is -2.15. The maximum atomic E-state index is 11.7. The van der Waals surface area contributed by atoms with E-state index in [1.54, 1.807) is 25.9 Å². The van der Waals surface area contributed by atoms with Crippen molar-refractivity contribution in [3.8, 4) is 5.88 Å². The lowest BCUT2D eigenvalue weighted by atomic mass is 10.2. The molecule has 1 atom stereocenters. The number of aromatic nitrogens is 2. The average Bonchev–Trinajstić information content (AvgIpc) is 2.85. The molecule has 1 aliphatic rings. The van der Waals surface area contributed by atoms with Crippen LogP contribution in [0.25, 0.3) is 0 Å². The number of aryl methyl sites for hydroxylation is 1. The van der Waals surface area contributed by atoms with Crippen molar-refractivity contribution in [1.29, 1.82) is 0 Å². The van der Waals surface area contributed by atoms with E-state index in [9.17, 15) is 4.79 Å². The maximum Gasteiger partial charge on any atom is 0.416 e. The van der Waals surface area contributed by atoms with Gasteiger partial charge in [-0.05, 0) is 32.4 Å². The molecule has 0 saturated heterocycles. The predicted octanol–water partition coefficient (Wildman–Crippen LogP) is 2.45. The first-order chi connectivity index (χ1) is 9.02. The third kappa shape index (κ3) is 3.00. The van der Waals surface area contributed by atoms with Crippen LogP contribution in [-0.4, -0.2) is 41.3 Å². The molecule has 0 spiro atoms. The largest absolute Gasteiger partial charge is 0.416 e. The molecule has 0 bridgehead atoms. The molecular weight excluding hydrogens is 262 g/mol. The van der Waals surface area contributed by atoms with Crippen LogP contribution in [0.4, 0.5) is 4.79 Å². The van der Waals surface area contributed by atoms with Gasteiger partial charge in [-0.1, -0.05) is 0 Å². The van der Waals surface area contributed by atoms with Crippen LogP contribution in [0.15, 0.2) is 0 Å². The Labute approximate surface area is 117 Å². The van der Waals surface area contributed by atoms with Crippen LogP contribution >= 0.6 is 11.8 Å². The molecular formula is C13H19N3O2S. The minimum Gasteiger partial charge on any atom is -0.391 e. The lowest BCUT2D eigenvalue weighted by molar-refractivity contribution is 0.169. The fourth-order valence-electron chi connectivity index (χ4n) is 1.96. The third-order valence-corrected chi connectivity index (χ3v) is 4.10. The second-order valence-electron chi connectivity index (χ2n) is 4.81. The van der Waals surface area contributed by atoms with Crippen LogP contribution in [-0.2, 0) is 12.8 Å². The monoisotopic (exact) mass is 281 g/mol. The zero-order valence-corrected chi connectivity index (χ0v) is 12.6. The van der Waals surface area contributed by atoms with Crippen molar-refractivity contribution in [2.45, 2.75) is 31.4 Å². The number of carbonyl (C=O) groups excluding carboxylic acids is 1. The van der Waals surface area contributed by atoms with E-state index in [2.05, 4.69) is 16.9 Å². The van der Waals surface area contributed by atoms with E-state index >= 15 is 0 Å². The quantitative estimate of drug-likeness (QED) is 0.852. The van der Waals surface area contributed by atoms with Gasteiger partial charge in [-0.3, -0.25) is 0 Å². The molecule has 2 rings (SSSR count). The highest BCUT2D eigenvalue weighted by molar-refractivity contribution is 7.98. The van der Waals surface area contributed by atoms with E-state index in [1.807, 2.05) is 6.26 Å². The Morgan fingerprint density at radius 2 is 2.11 bits per heavy atom. The molecule has 1 heterocycles. The van der Waals surface area contributed by atoms with Gasteiger partial charge < -0.3 is 9.64 Å². The molecule has 6 heteroatoms. The highest BCUT2D eigenvalue weighted by atomic mass is 32.2. The first kappa shape index (κ1) is 14.1. The molecule has 0 fully saturated rings. The smallest absolute Gasteiger partial charge is 0.391 e. The summed E-state index contributed by atoms with van der Waals surface area (Å²) in [5.41, 5.74) is 2.03. The van der Waals surface area contributed by atoms with Crippen LogP contribution in [0.3, 0.4) is 0 Å². The van der Waals surface area contributed by atoms with Crippen molar-refractivity contribution >= 4 is 17.9 Å². The van der Waals surface area contributed by atoms with Crippen molar-refractivity contribution in [1.82, 2.24) is 14.9 Å². The summed E-state index contributed by atoms with van der Waals surface area (Å²) in [5, 5.41) is 0.197. The van der Waals surface area contributed by atoms with Gasteiger partial charge >= 0.3 is 6.09 Å². The zero-order chi connectivity index (χ0) is 14.0. The Bertz CT molecular complexity index is 491. The highest BCUT2D eigenvalue weighted by Crippen LogP contribution is 2.32. The van der Waals surface area contributed by atoms with Crippen molar-refractivity contribution in [2.24, 2.45) is 0 Å². The van der Waals surface area contributed by atoms with Crippen molar-refractivity contribution in [3.05, 3.63) is 17.1 Å². The summed E-state index contributed by atoms with van der Waals surface area (Å²) in [6.45, 7) is 2.05. The predicted molar refractivity (Wildman–Crippen MR) is 75.7 cm³/mol. The first-order valence-corrected chi connectivity index (χ1v) is 7.63. The summed E-state index contributed by atoms with van der Waals surface area (Å²) in [5.74, 6) is 1.19. The van der Waals surface area contributed by atoms with E-state index in [1.165, 1.54) is 4.90 Å². The van der Waals surface area contributed by atoms with Gasteiger partial charge in [0.25, 0.3) is 0 Å². The average molecular weight is 281 g/mol. The molecule has 0 aromatic carbocycles. The fraction of sp³-hybridized carbons (Fsp3) is 0.615. The van der Waals surface area contributed by atoms with E-state index < -0.39 is 6.09 Å². The van der Waals surface area contributed by atoms with Gasteiger partial charge in [0.2, 0.25) is 5.88 Å². The van der Waals surface area contributed by atoms with Gasteiger partial charge in [-0.25, -0.2) is 9.78 Å². The summed E-state index contributed by atoms with van der Waals surface area (Å²) in [6.07, 6.45) is 4.51. The Hall–Kier alpha value is -1.30. The van der Waals surface area contributed by atoms with Crippen LogP contribution in [0, 0.1) is 0 Å². The Balaban J connectivity index is 2.35. The molecule has 1 amide bonds. The van der Waals surface area contributed by atoms with Crippen molar-refractivity contribution < 1.29 is 9.53 Å². The van der Waals surface area contributed by atoms with Gasteiger partial charge in [-0.15, -0.1) is 0 Å². The Morgan fingerprint density at radius 3 is 2.74 bits per heavy atom. The number of ether oxygens (including phenoxy) is 1. The number of hydrogen-bond donors (Lipinski definition) is 0. The Morgan fingerprint density at radius 1 is 1.37 bits per heavy atom. The molecule has 1 unspecified atom stereocenters. The minimum absolute atomic E-state index is 0.197. The number of fused-ring (bicyclic) bond motifs is 1.